The smallest absolute Gasteiger partial charge is 0.365 e. The Morgan fingerprint density at radius 3 is 2.67 bits per heavy atom. The van der Waals surface area contributed by atoms with Crippen molar-refractivity contribution in [2.75, 3.05) is 18.5 Å². The average Bonchev–Trinajstić information content (AvgIpc) is 3.23. The standard InChI is InChI=1S/C17H18F3N5O2/c18-17(19,20)12-3-1-11(2-4-12)8-25-9-14(23-24-25)22-15(26)13-7-21-16(5-6-16)10-27-13/h1-4,9,13,21H,5-8,10H2,(H,22,26). The van der Waals surface area contributed by atoms with E-state index in [1.54, 1.807) is 0 Å². The van der Waals surface area contributed by atoms with E-state index in [4.69, 9.17) is 4.74 Å². The number of alkyl halides is 3. The van der Waals surface area contributed by atoms with Crippen LogP contribution in [-0.2, 0) is 22.3 Å². The highest BCUT2D eigenvalue weighted by atomic mass is 19.4. The van der Waals surface area contributed by atoms with E-state index in [0.717, 1.165) is 25.0 Å². The molecular weight excluding hydrogens is 363 g/mol. The Morgan fingerprint density at radius 2 is 2.07 bits per heavy atom. The van der Waals surface area contributed by atoms with Gasteiger partial charge in [-0.05, 0) is 30.5 Å². The molecule has 1 saturated heterocycles. The van der Waals surface area contributed by atoms with Crippen LogP contribution in [-0.4, -0.2) is 45.7 Å². The summed E-state index contributed by atoms with van der Waals surface area (Å²) in [5, 5.41) is 13.7. The number of nitrogens with one attached hydrogen (secondary N) is 2. The second-order valence-corrected chi connectivity index (χ2v) is 6.95. The van der Waals surface area contributed by atoms with Crippen LogP contribution in [0.5, 0.6) is 0 Å². The summed E-state index contributed by atoms with van der Waals surface area (Å²) in [7, 11) is 0. The van der Waals surface area contributed by atoms with Gasteiger partial charge in [-0.3, -0.25) is 4.79 Å². The van der Waals surface area contributed by atoms with E-state index in [0.29, 0.717) is 18.7 Å². The Hall–Kier alpha value is -2.46. The summed E-state index contributed by atoms with van der Waals surface area (Å²) < 4.78 is 44.8. The highest BCUT2D eigenvalue weighted by molar-refractivity contribution is 5.93. The molecule has 2 N–H and O–H groups in total. The van der Waals surface area contributed by atoms with E-state index in [2.05, 4.69) is 20.9 Å². The topological polar surface area (TPSA) is 81.1 Å². The first kappa shape index (κ1) is 17.9. The van der Waals surface area contributed by atoms with Crippen molar-refractivity contribution in [1.29, 1.82) is 0 Å². The number of carbonyl (C=O) groups is 1. The van der Waals surface area contributed by atoms with Crippen molar-refractivity contribution in [3.05, 3.63) is 41.6 Å². The summed E-state index contributed by atoms with van der Waals surface area (Å²) in [6, 6.07) is 4.82. The lowest BCUT2D eigenvalue weighted by atomic mass is 10.1. The molecule has 1 aliphatic carbocycles. The lowest BCUT2D eigenvalue weighted by Gasteiger charge is -2.29. The zero-order chi connectivity index (χ0) is 19.1. The van der Waals surface area contributed by atoms with Crippen molar-refractivity contribution in [3.63, 3.8) is 0 Å². The third kappa shape index (κ3) is 4.11. The number of halogens is 3. The number of morpholine rings is 1. The van der Waals surface area contributed by atoms with Crippen LogP contribution >= 0.6 is 0 Å². The number of rotatable bonds is 4. The molecule has 144 valence electrons. The molecule has 1 atom stereocenters. The third-order valence-corrected chi connectivity index (χ3v) is 4.79. The fourth-order valence-corrected chi connectivity index (χ4v) is 2.95. The van der Waals surface area contributed by atoms with Crippen molar-refractivity contribution >= 4 is 11.7 Å². The second kappa shape index (κ2) is 6.61. The molecule has 0 radical (unpaired) electrons. The van der Waals surface area contributed by atoms with E-state index in [-0.39, 0.29) is 23.8 Å². The van der Waals surface area contributed by atoms with Crippen LogP contribution in [0.1, 0.15) is 24.0 Å². The number of ether oxygens (including phenoxy) is 1. The van der Waals surface area contributed by atoms with Crippen molar-refractivity contribution in [2.24, 2.45) is 0 Å². The SMILES string of the molecule is O=C(Nc1cn(Cc2ccc(C(F)(F)F)cc2)nn1)C1CNC2(CC2)CO1. The van der Waals surface area contributed by atoms with Gasteiger partial charge >= 0.3 is 6.18 Å². The third-order valence-electron chi connectivity index (χ3n) is 4.79. The lowest BCUT2D eigenvalue weighted by molar-refractivity contribution is -0.137. The van der Waals surface area contributed by atoms with Gasteiger partial charge in [0.25, 0.3) is 5.91 Å². The van der Waals surface area contributed by atoms with Gasteiger partial charge in [-0.15, -0.1) is 5.10 Å². The minimum atomic E-state index is -4.36. The van der Waals surface area contributed by atoms with Gasteiger partial charge in [0.15, 0.2) is 5.82 Å². The summed E-state index contributed by atoms with van der Waals surface area (Å²) in [6.07, 6.45) is -1.29. The monoisotopic (exact) mass is 381 g/mol. The maximum Gasteiger partial charge on any atom is 0.416 e. The van der Waals surface area contributed by atoms with Crippen LogP contribution < -0.4 is 10.6 Å². The molecule has 4 rings (SSSR count). The molecule has 1 unspecified atom stereocenters. The zero-order valence-corrected chi connectivity index (χ0v) is 14.3. The van der Waals surface area contributed by atoms with E-state index < -0.39 is 17.8 Å². The van der Waals surface area contributed by atoms with Gasteiger partial charge in [0.1, 0.15) is 6.10 Å². The molecule has 10 heteroatoms. The fourth-order valence-electron chi connectivity index (χ4n) is 2.95. The van der Waals surface area contributed by atoms with E-state index >= 15 is 0 Å². The van der Waals surface area contributed by atoms with E-state index in [9.17, 15) is 18.0 Å². The zero-order valence-electron chi connectivity index (χ0n) is 14.3. The molecule has 2 aliphatic rings. The molecule has 0 bridgehead atoms. The van der Waals surface area contributed by atoms with Crippen molar-refractivity contribution in [1.82, 2.24) is 20.3 Å². The van der Waals surface area contributed by atoms with Crippen molar-refractivity contribution < 1.29 is 22.7 Å². The van der Waals surface area contributed by atoms with Gasteiger partial charge in [0, 0.05) is 12.1 Å². The lowest BCUT2D eigenvalue weighted by Crippen LogP contribution is -2.52. The summed E-state index contributed by atoms with van der Waals surface area (Å²) in [5.41, 5.74) is 0.00822. The van der Waals surface area contributed by atoms with Gasteiger partial charge in [-0.25, -0.2) is 4.68 Å². The molecule has 1 aromatic carbocycles. The van der Waals surface area contributed by atoms with Crippen LogP contribution in [0, 0.1) is 0 Å². The summed E-state index contributed by atoms with van der Waals surface area (Å²) >= 11 is 0. The molecule has 2 fully saturated rings. The molecule has 27 heavy (non-hydrogen) atoms. The maximum atomic E-state index is 12.6. The number of anilines is 1. The van der Waals surface area contributed by atoms with Crippen LogP contribution in [0.3, 0.4) is 0 Å². The molecule has 7 nitrogen and oxygen atoms in total. The number of hydrogen-bond acceptors (Lipinski definition) is 5. The Morgan fingerprint density at radius 1 is 1.33 bits per heavy atom. The second-order valence-electron chi connectivity index (χ2n) is 6.95. The minimum absolute atomic E-state index is 0.0710. The number of hydrogen-bond donors (Lipinski definition) is 2. The largest absolute Gasteiger partial charge is 0.416 e. The van der Waals surface area contributed by atoms with Crippen LogP contribution in [0.15, 0.2) is 30.5 Å². The highest BCUT2D eigenvalue weighted by Crippen LogP contribution is 2.37. The first-order chi connectivity index (χ1) is 12.8. The highest BCUT2D eigenvalue weighted by Gasteiger charge is 2.47. The quantitative estimate of drug-likeness (QED) is 0.844. The van der Waals surface area contributed by atoms with Gasteiger partial charge in [0.2, 0.25) is 0 Å². The molecule has 1 aliphatic heterocycles. The molecule has 1 spiro atoms. The Balaban J connectivity index is 1.32. The van der Waals surface area contributed by atoms with Crippen LogP contribution in [0.25, 0.3) is 0 Å². The van der Waals surface area contributed by atoms with Crippen molar-refractivity contribution in [2.45, 2.75) is 37.2 Å². The van der Waals surface area contributed by atoms with Crippen LogP contribution in [0.2, 0.25) is 0 Å². The maximum absolute atomic E-state index is 12.6. The average molecular weight is 381 g/mol. The molecule has 1 saturated carbocycles. The van der Waals surface area contributed by atoms with Crippen LogP contribution in [0.4, 0.5) is 19.0 Å². The Labute approximate surface area is 152 Å². The summed E-state index contributed by atoms with van der Waals surface area (Å²) in [5.74, 6) is -0.0400. The molecule has 1 aromatic heterocycles. The molecule has 2 aromatic rings. The number of amides is 1. The summed E-state index contributed by atoms with van der Waals surface area (Å²) in [4.78, 5) is 12.2. The Kier molecular flexibility index (Phi) is 4.39. The first-order valence-electron chi connectivity index (χ1n) is 8.57. The number of nitrogens with zero attached hydrogens (tertiary/aromatic N) is 3. The summed E-state index contributed by atoms with van der Waals surface area (Å²) in [6.45, 7) is 1.21. The fraction of sp³-hybridized carbons (Fsp3) is 0.471. The predicted molar refractivity (Wildman–Crippen MR) is 88.9 cm³/mol. The van der Waals surface area contributed by atoms with Gasteiger partial charge in [-0.1, -0.05) is 17.3 Å². The first-order valence-corrected chi connectivity index (χ1v) is 8.57. The molecule has 1 amide bonds. The van der Waals surface area contributed by atoms with Crippen molar-refractivity contribution in [3.8, 4) is 0 Å². The molecular formula is C17H18F3N5O2. The molecule has 2 heterocycles. The van der Waals surface area contributed by atoms with Gasteiger partial charge in [0.05, 0.1) is 24.9 Å². The number of carbonyl (C=O) groups excluding carboxylic acids is 1. The predicted octanol–water partition coefficient (Wildman–Crippen LogP) is 1.80. The van der Waals surface area contributed by atoms with E-state index in [1.165, 1.54) is 23.0 Å². The number of aromatic nitrogens is 3. The van der Waals surface area contributed by atoms with E-state index in [1.807, 2.05) is 0 Å². The minimum Gasteiger partial charge on any atom is -0.365 e. The Bertz CT molecular complexity index is 820. The van der Waals surface area contributed by atoms with Gasteiger partial charge < -0.3 is 15.4 Å². The normalized spacial score (nSPS) is 21.2. The number of benzene rings is 1. The van der Waals surface area contributed by atoms with Gasteiger partial charge in [-0.2, -0.15) is 13.2 Å².